The predicted molar refractivity (Wildman–Crippen MR) is 221 cm³/mol. The van der Waals surface area contributed by atoms with E-state index in [1.165, 1.54) is 0 Å². The summed E-state index contributed by atoms with van der Waals surface area (Å²) >= 11 is 25.0. The molecule has 0 radical (unpaired) electrons. The van der Waals surface area contributed by atoms with Crippen LogP contribution >= 0.6 is 46.4 Å². The van der Waals surface area contributed by atoms with Crippen molar-refractivity contribution in [2.45, 2.75) is 25.9 Å². The summed E-state index contributed by atoms with van der Waals surface area (Å²) in [6, 6.07) is 15.2. The molecule has 0 saturated heterocycles. The number of hydrogen-bond acceptors (Lipinski definition) is 9. The number of imidazole rings is 2. The van der Waals surface area contributed by atoms with Crippen molar-refractivity contribution in [2.75, 3.05) is 43.9 Å². The molecule has 2 aromatic carbocycles. The Labute approximate surface area is 330 Å². The van der Waals surface area contributed by atoms with E-state index in [1.807, 2.05) is 42.5 Å². The van der Waals surface area contributed by atoms with Gasteiger partial charge in [-0.15, -0.1) is 0 Å². The van der Waals surface area contributed by atoms with Crippen molar-refractivity contribution in [1.29, 1.82) is 0 Å². The number of methoxy groups -OCH3 is 1. The summed E-state index contributed by atoms with van der Waals surface area (Å²) in [7, 11) is 1.66. The minimum absolute atomic E-state index is 0.550. The van der Waals surface area contributed by atoms with Gasteiger partial charge in [0.1, 0.15) is 5.75 Å². The van der Waals surface area contributed by atoms with Gasteiger partial charge in [-0.25, -0.2) is 9.97 Å². The maximum Gasteiger partial charge on any atom is 0.202 e. The van der Waals surface area contributed by atoms with E-state index in [0.717, 1.165) is 113 Å². The highest BCUT2D eigenvalue weighted by Gasteiger charge is 2.14. The predicted octanol–water partition coefficient (Wildman–Crippen LogP) is 8.68. The van der Waals surface area contributed by atoms with Crippen LogP contribution in [0.25, 0.3) is 44.1 Å². The number of ether oxygens (including phenoxy) is 1. The Morgan fingerprint density at radius 2 is 1.35 bits per heavy atom. The zero-order valence-electron chi connectivity index (χ0n) is 29.2. The number of aromatic amines is 4. The van der Waals surface area contributed by atoms with Crippen LogP contribution in [0.15, 0.2) is 67.1 Å². The summed E-state index contributed by atoms with van der Waals surface area (Å²) in [5.41, 5.74) is 7.21. The first kappa shape index (κ1) is 37.6. The van der Waals surface area contributed by atoms with Gasteiger partial charge in [0.05, 0.1) is 44.2 Å². The molecule has 0 aliphatic rings. The molecular weight excluding hydrogens is 770 g/mol. The topological polar surface area (TPSA) is 172 Å². The first-order chi connectivity index (χ1) is 26.4. The number of hydrogen-bond donors (Lipinski definition) is 8. The maximum atomic E-state index is 6.44. The van der Waals surface area contributed by atoms with Crippen LogP contribution in [-0.2, 0) is 13.1 Å². The van der Waals surface area contributed by atoms with E-state index in [-0.39, 0.29) is 0 Å². The Hall–Kier alpha value is -4.76. The van der Waals surface area contributed by atoms with Crippen molar-refractivity contribution < 1.29 is 4.74 Å². The molecule has 0 aliphatic carbocycles. The van der Waals surface area contributed by atoms with Gasteiger partial charge < -0.3 is 45.9 Å². The van der Waals surface area contributed by atoms with Crippen LogP contribution in [0.4, 0.5) is 11.9 Å². The molecule has 0 aliphatic heterocycles. The number of nitrogens with zero attached hydrogens (tertiary/aromatic N) is 4. The van der Waals surface area contributed by atoms with Gasteiger partial charge in [0.15, 0.2) is 11.3 Å². The van der Waals surface area contributed by atoms with Gasteiger partial charge in [-0.1, -0.05) is 46.4 Å². The molecule has 8 rings (SSSR count). The van der Waals surface area contributed by atoms with Gasteiger partial charge in [-0.05, 0) is 80.0 Å². The molecule has 6 aromatic heterocycles. The van der Waals surface area contributed by atoms with Crippen LogP contribution in [0.2, 0.25) is 20.1 Å². The molecule has 6 heterocycles. The van der Waals surface area contributed by atoms with Crippen LogP contribution in [0, 0.1) is 0 Å². The SMILES string of the molecule is COc1cc(CNCCCNc2nc3ncccc3[nH]2)c2[nH]cc(Cl)c2c1.Clc1cc(Cl)c2c(Cl)c(CNCCCNc3nc4ncccc4[nH]3)[nH]c2c1. The van der Waals surface area contributed by atoms with Crippen LogP contribution in [-0.4, -0.2) is 73.2 Å². The lowest BCUT2D eigenvalue weighted by molar-refractivity contribution is 0.414. The van der Waals surface area contributed by atoms with E-state index < -0.39 is 0 Å². The molecule has 280 valence electrons. The van der Waals surface area contributed by atoms with Crippen molar-refractivity contribution in [2.24, 2.45) is 0 Å². The van der Waals surface area contributed by atoms with Crippen molar-refractivity contribution in [3.8, 4) is 5.75 Å². The second-order valence-corrected chi connectivity index (χ2v) is 14.0. The van der Waals surface area contributed by atoms with Crippen LogP contribution in [0.3, 0.4) is 0 Å². The van der Waals surface area contributed by atoms with Crippen molar-refractivity contribution >= 4 is 102 Å². The number of rotatable bonds is 15. The van der Waals surface area contributed by atoms with Gasteiger partial charge in [-0.3, -0.25) is 0 Å². The Bertz CT molecular complexity index is 2420. The molecular formula is C37H38Cl4N12O. The number of fused-ring (bicyclic) bond motifs is 4. The fourth-order valence-corrected chi connectivity index (χ4v) is 7.18. The second-order valence-electron chi connectivity index (χ2n) is 12.4. The van der Waals surface area contributed by atoms with Gasteiger partial charge in [0, 0.05) is 66.3 Å². The number of H-pyrrole nitrogens is 4. The smallest absolute Gasteiger partial charge is 0.202 e. The zero-order chi connectivity index (χ0) is 37.4. The minimum atomic E-state index is 0.550. The van der Waals surface area contributed by atoms with Crippen LogP contribution < -0.4 is 26.0 Å². The van der Waals surface area contributed by atoms with E-state index in [9.17, 15) is 0 Å². The number of halogens is 4. The fourth-order valence-electron chi connectivity index (χ4n) is 6.02. The Morgan fingerprint density at radius 1 is 0.704 bits per heavy atom. The summed E-state index contributed by atoms with van der Waals surface area (Å²) < 4.78 is 5.38. The summed E-state index contributed by atoms with van der Waals surface area (Å²) in [5, 5.41) is 17.7. The average Bonchev–Trinajstić information content (AvgIpc) is 3.95. The second kappa shape index (κ2) is 17.6. The van der Waals surface area contributed by atoms with Gasteiger partial charge in [0.2, 0.25) is 11.9 Å². The normalized spacial score (nSPS) is 11.4. The third kappa shape index (κ3) is 8.95. The summed E-state index contributed by atoms with van der Waals surface area (Å²) in [6.07, 6.45) is 7.16. The number of aromatic nitrogens is 8. The monoisotopic (exact) mass is 806 g/mol. The number of nitrogens with one attached hydrogen (secondary N) is 8. The first-order valence-corrected chi connectivity index (χ1v) is 18.9. The van der Waals surface area contributed by atoms with Crippen LogP contribution in [0.1, 0.15) is 24.1 Å². The van der Waals surface area contributed by atoms with Crippen molar-refractivity contribution in [3.05, 3.63) is 98.5 Å². The molecule has 0 atom stereocenters. The lowest BCUT2D eigenvalue weighted by atomic mass is 10.1. The quantitative estimate of drug-likeness (QED) is 0.0472. The number of anilines is 2. The van der Waals surface area contributed by atoms with Gasteiger partial charge in [-0.2, -0.15) is 9.97 Å². The average molecular weight is 809 g/mol. The molecule has 0 fully saturated rings. The van der Waals surface area contributed by atoms with E-state index in [2.05, 4.69) is 61.1 Å². The molecule has 13 nitrogen and oxygen atoms in total. The largest absolute Gasteiger partial charge is 0.497 e. The van der Waals surface area contributed by atoms with E-state index in [4.69, 9.17) is 51.1 Å². The molecule has 0 spiro atoms. The standard InChI is InChI=1S/C19H21ClN6O.C18H17Cl3N6/c1-27-13-8-12(17-14(9-13)15(20)11-24-17)10-21-5-3-7-23-19-25-16-4-2-6-22-18(16)26-19;19-10-7-11(20)15-13(8-10)25-14(16(15)21)9-22-4-2-6-24-18-26-12-3-1-5-23-17(12)27-18/h2,4,6,8-9,11,21,24H,3,5,7,10H2,1H3,(H2,22,23,25,26);1,3,5,7-8,22,25H,2,4,6,9H2,(H2,23,24,26,27). The Morgan fingerprint density at radius 3 is 1.98 bits per heavy atom. The van der Waals surface area contributed by atoms with E-state index in [0.29, 0.717) is 32.3 Å². The number of benzene rings is 2. The van der Waals surface area contributed by atoms with Gasteiger partial charge in [0.25, 0.3) is 0 Å². The van der Waals surface area contributed by atoms with E-state index in [1.54, 1.807) is 31.8 Å². The highest BCUT2D eigenvalue weighted by atomic mass is 35.5. The summed E-state index contributed by atoms with van der Waals surface area (Å²) in [5.74, 6) is 2.29. The molecule has 0 saturated carbocycles. The molecule has 54 heavy (non-hydrogen) atoms. The number of pyridine rings is 2. The summed E-state index contributed by atoms with van der Waals surface area (Å²) in [6.45, 7) is 4.66. The maximum absolute atomic E-state index is 6.44. The Kier molecular flexibility index (Phi) is 12.2. The third-order valence-electron chi connectivity index (χ3n) is 8.63. The lowest BCUT2D eigenvalue weighted by Gasteiger charge is -2.09. The molecule has 17 heteroatoms. The fraction of sp³-hybridized carbons (Fsp3) is 0.243. The molecule has 0 unspecified atom stereocenters. The summed E-state index contributed by atoms with van der Waals surface area (Å²) in [4.78, 5) is 30.1. The van der Waals surface area contributed by atoms with Gasteiger partial charge >= 0.3 is 0 Å². The van der Waals surface area contributed by atoms with Crippen LogP contribution in [0.5, 0.6) is 5.75 Å². The molecule has 0 amide bonds. The first-order valence-electron chi connectivity index (χ1n) is 17.4. The highest BCUT2D eigenvalue weighted by Crippen LogP contribution is 2.35. The van der Waals surface area contributed by atoms with Crippen molar-refractivity contribution in [3.63, 3.8) is 0 Å². The Balaban J connectivity index is 0.000000167. The molecule has 0 bridgehead atoms. The lowest BCUT2D eigenvalue weighted by Crippen LogP contribution is -2.18. The molecule has 8 N–H and O–H groups in total. The van der Waals surface area contributed by atoms with E-state index >= 15 is 0 Å². The molecule has 8 aromatic rings. The minimum Gasteiger partial charge on any atom is -0.497 e. The third-order valence-corrected chi connectivity index (χ3v) is 9.88. The van der Waals surface area contributed by atoms with Crippen molar-refractivity contribution in [1.82, 2.24) is 50.5 Å². The zero-order valence-corrected chi connectivity index (χ0v) is 32.2. The highest BCUT2D eigenvalue weighted by molar-refractivity contribution is 6.44.